The minimum atomic E-state index is 0.172. The van der Waals surface area contributed by atoms with Crippen LogP contribution in [0.5, 0.6) is 0 Å². The molecule has 0 aliphatic carbocycles. The van der Waals surface area contributed by atoms with Crippen molar-refractivity contribution in [1.29, 1.82) is 0 Å². The van der Waals surface area contributed by atoms with Crippen LogP contribution >= 0.6 is 15.9 Å². The van der Waals surface area contributed by atoms with Gasteiger partial charge in [0.2, 0.25) is 0 Å². The van der Waals surface area contributed by atoms with E-state index >= 15 is 0 Å². The molecule has 0 spiro atoms. The van der Waals surface area contributed by atoms with E-state index in [1.807, 2.05) is 0 Å². The fourth-order valence-electron chi connectivity index (χ4n) is 0.0488. The summed E-state index contributed by atoms with van der Waals surface area (Å²) >= 11 is 3.09. The lowest BCUT2D eigenvalue weighted by Crippen LogP contribution is -1.80. The number of hydrogen-bond donors (Lipinski definition) is 1. The lowest BCUT2D eigenvalue weighted by Gasteiger charge is -1.77. The molecule has 0 aliphatic rings. The van der Waals surface area contributed by atoms with Crippen molar-refractivity contribution in [2.75, 3.05) is 11.9 Å². The molecule has 0 aliphatic heterocycles. The summed E-state index contributed by atoms with van der Waals surface area (Å²) in [5.74, 6) is 0. The average Bonchev–Trinajstić information content (AvgIpc) is 1.41. The molecule has 0 atom stereocenters. The van der Waals surface area contributed by atoms with E-state index in [1.165, 1.54) is 0 Å². The summed E-state index contributed by atoms with van der Waals surface area (Å²) in [6, 6.07) is 0. The molecule has 5 heavy (non-hydrogen) atoms. The summed E-state index contributed by atoms with van der Waals surface area (Å²) in [6.45, 7) is 0.172. The normalized spacial score (nSPS) is 8.40. The number of hydrogen-bond acceptors (Lipinski definition) is 1. The van der Waals surface area contributed by atoms with Gasteiger partial charge >= 0.3 is 0 Å². The molecule has 0 rings (SSSR count). The Bertz CT molecular complexity index is 14.4. The van der Waals surface area contributed by atoms with Gasteiger partial charge in [0.1, 0.15) is 0 Å². The van der Waals surface area contributed by atoms with Crippen LogP contribution < -0.4 is 0 Å². The zero-order valence-electron chi connectivity index (χ0n) is 2.82. The molecule has 0 bridgehead atoms. The van der Waals surface area contributed by atoms with Gasteiger partial charge in [-0.1, -0.05) is 15.9 Å². The van der Waals surface area contributed by atoms with Gasteiger partial charge in [0.05, 0.1) is 0 Å². The van der Waals surface area contributed by atoms with Gasteiger partial charge in [-0.2, -0.15) is 0 Å². The molecule has 0 aromatic rings. The van der Waals surface area contributed by atoms with Crippen molar-refractivity contribution in [1.82, 2.24) is 0 Å². The number of alkyl halides is 1. The van der Waals surface area contributed by atoms with Gasteiger partial charge in [0.25, 0.3) is 0 Å². The monoisotopic (exact) mass is 137 g/mol. The second-order valence-electron chi connectivity index (χ2n) is 0.626. The number of aliphatic hydroxyl groups excluding tert-OH is 1. The molecule has 1 N–H and O–H groups in total. The van der Waals surface area contributed by atoms with Crippen molar-refractivity contribution in [3.05, 3.63) is 6.42 Å². The van der Waals surface area contributed by atoms with Crippen molar-refractivity contribution in [2.24, 2.45) is 0 Å². The van der Waals surface area contributed by atoms with Crippen LogP contribution in [-0.2, 0) is 0 Å². The van der Waals surface area contributed by atoms with E-state index in [0.717, 1.165) is 5.33 Å². The Labute approximate surface area is 40.1 Å². The highest BCUT2D eigenvalue weighted by Crippen LogP contribution is 1.80. The Kier molecular flexibility index (Phi) is 4.83. The first-order chi connectivity index (χ1) is 2.41. The number of rotatable bonds is 2. The summed E-state index contributed by atoms with van der Waals surface area (Å²) in [7, 11) is 0. The molecular weight excluding hydrogens is 132 g/mol. The quantitative estimate of drug-likeness (QED) is 0.553. The first-order valence-electron chi connectivity index (χ1n) is 1.40. The van der Waals surface area contributed by atoms with Crippen LogP contribution in [0.3, 0.4) is 0 Å². The van der Waals surface area contributed by atoms with Crippen molar-refractivity contribution in [3.8, 4) is 0 Å². The van der Waals surface area contributed by atoms with Crippen molar-refractivity contribution in [3.63, 3.8) is 0 Å². The topological polar surface area (TPSA) is 20.2 Å². The van der Waals surface area contributed by atoms with Crippen LogP contribution in [0.15, 0.2) is 0 Å². The lowest BCUT2D eigenvalue weighted by molar-refractivity contribution is 0.329. The van der Waals surface area contributed by atoms with Gasteiger partial charge in [-0.15, -0.1) is 0 Å². The highest BCUT2D eigenvalue weighted by Gasteiger charge is 1.71. The Morgan fingerprint density at radius 3 is 2.40 bits per heavy atom. The van der Waals surface area contributed by atoms with Gasteiger partial charge < -0.3 is 5.11 Å². The van der Waals surface area contributed by atoms with E-state index in [-0.39, 0.29) is 6.61 Å². The second kappa shape index (κ2) is 4.44. The lowest BCUT2D eigenvalue weighted by atomic mass is 10.5. The molecule has 0 fully saturated rings. The van der Waals surface area contributed by atoms with Crippen molar-refractivity contribution < 1.29 is 5.11 Å². The average molecular weight is 138 g/mol. The zero-order chi connectivity index (χ0) is 4.12. The minimum Gasteiger partial charge on any atom is -0.396 e. The van der Waals surface area contributed by atoms with E-state index in [4.69, 9.17) is 5.11 Å². The van der Waals surface area contributed by atoms with E-state index < -0.39 is 0 Å². The van der Waals surface area contributed by atoms with Crippen LogP contribution in [0.1, 0.15) is 0 Å². The molecule has 0 amide bonds. The van der Waals surface area contributed by atoms with Crippen LogP contribution in [0.2, 0.25) is 0 Å². The largest absolute Gasteiger partial charge is 0.396 e. The van der Waals surface area contributed by atoms with Crippen molar-refractivity contribution >= 4 is 15.9 Å². The summed E-state index contributed by atoms with van der Waals surface area (Å²) in [6.07, 6.45) is 1.72. The zero-order valence-corrected chi connectivity index (χ0v) is 4.40. The van der Waals surface area contributed by atoms with E-state index in [9.17, 15) is 0 Å². The minimum absolute atomic E-state index is 0.172. The summed E-state index contributed by atoms with van der Waals surface area (Å²) in [4.78, 5) is 0. The van der Waals surface area contributed by atoms with Crippen LogP contribution in [-0.4, -0.2) is 17.0 Å². The SMILES string of the molecule is OC[CH]CBr. The van der Waals surface area contributed by atoms with Crippen molar-refractivity contribution in [2.45, 2.75) is 0 Å². The smallest absolute Gasteiger partial charge is 0.0471 e. The van der Waals surface area contributed by atoms with E-state index in [2.05, 4.69) is 15.9 Å². The third-order valence-electron chi connectivity index (χ3n) is 0.238. The number of halogens is 1. The molecular formula is C3H6BrO. The summed E-state index contributed by atoms with van der Waals surface area (Å²) in [5.41, 5.74) is 0. The Hall–Kier alpha value is 0.440. The third-order valence-corrected chi connectivity index (χ3v) is 0.696. The Morgan fingerprint density at radius 2 is 2.40 bits per heavy atom. The first-order valence-corrected chi connectivity index (χ1v) is 2.52. The first kappa shape index (κ1) is 5.44. The molecule has 31 valence electrons. The van der Waals surface area contributed by atoms with Gasteiger partial charge in [-0.05, 0) is 6.42 Å². The Balaban J connectivity index is 2.19. The second-order valence-corrected chi connectivity index (χ2v) is 1.27. The fraction of sp³-hybridized carbons (Fsp3) is 0.667. The third kappa shape index (κ3) is 4.44. The van der Waals surface area contributed by atoms with Gasteiger partial charge in [0, 0.05) is 11.9 Å². The molecule has 0 heterocycles. The van der Waals surface area contributed by atoms with E-state index in [1.54, 1.807) is 6.42 Å². The Morgan fingerprint density at radius 1 is 1.80 bits per heavy atom. The number of aliphatic hydroxyl groups is 1. The van der Waals surface area contributed by atoms with E-state index in [0.29, 0.717) is 0 Å². The molecule has 0 saturated carbocycles. The maximum atomic E-state index is 7.98. The fourth-order valence-corrected chi connectivity index (χ4v) is 0.254. The highest BCUT2D eigenvalue weighted by atomic mass is 79.9. The maximum Gasteiger partial charge on any atom is 0.0471 e. The van der Waals surface area contributed by atoms with Crippen LogP contribution in [0.25, 0.3) is 0 Å². The maximum absolute atomic E-state index is 7.98. The van der Waals surface area contributed by atoms with Gasteiger partial charge in [0.15, 0.2) is 0 Å². The molecule has 0 unspecified atom stereocenters. The predicted octanol–water partition coefficient (Wildman–Crippen LogP) is 0.578. The molecule has 0 aromatic heterocycles. The molecule has 1 nitrogen and oxygen atoms in total. The predicted molar refractivity (Wildman–Crippen MR) is 25.2 cm³/mol. The van der Waals surface area contributed by atoms with Gasteiger partial charge in [-0.25, -0.2) is 0 Å². The molecule has 0 saturated heterocycles. The molecule has 1 radical (unpaired) electrons. The standard InChI is InChI=1S/C3H6BrO/c4-2-1-3-5/h1,5H,2-3H2. The summed E-state index contributed by atoms with van der Waals surface area (Å²) < 4.78 is 0. The van der Waals surface area contributed by atoms with Crippen LogP contribution in [0, 0.1) is 6.42 Å². The summed E-state index contributed by atoms with van der Waals surface area (Å²) in [5, 5.41) is 8.76. The molecule has 0 aromatic carbocycles. The molecule has 2 heteroatoms. The van der Waals surface area contributed by atoms with Crippen LogP contribution in [0.4, 0.5) is 0 Å². The van der Waals surface area contributed by atoms with Gasteiger partial charge in [-0.3, -0.25) is 0 Å². The highest BCUT2D eigenvalue weighted by molar-refractivity contribution is 9.09.